The second kappa shape index (κ2) is 12.0. The average Bonchev–Trinajstić information content (AvgIpc) is 3.49. The quantitative estimate of drug-likeness (QED) is 0.376. The zero-order chi connectivity index (χ0) is 28.6. The van der Waals surface area contributed by atoms with Gasteiger partial charge in [0, 0.05) is 34.5 Å². The van der Waals surface area contributed by atoms with Gasteiger partial charge in [-0.25, -0.2) is 18.7 Å². The number of ether oxygens (including phenoxy) is 3. The molecule has 1 saturated carbocycles. The Bertz CT molecular complexity index is 1250. The lowest BCUT2D eigenvalue weighted by Gasteiger charge is -2.35. The van der Waals surface area contributed by atoms with E-state index in [1.807, 2.05) is 16.9 Å². The highest BCUT2D eigenvalue weighted by atomic mass is 79.9. The van der Waals surface area contributed by atoms with E-state index in [4.69, 9.17) is 25.8 Å². The van der Waals surface area contributed by atoms with Crippen molar-refractivity contribution in [2.45, 2.75) is 89.3 Å². The molecular weight excluding hydrogens is 607 g/mol. The van der Waals surface area contributed by atoms with Crippen LogP contribution in [0, 0.1) is 5.92 Å². The van der Waals surface area contributed by atoms with Gasteiger partial charge in [-0.3, -0.25) is 0 Å². The number of nitrogens with one attached hydrogen (secondary N) is 1. The molecule has 1 aromatic carbocycles. The van der Waals surface area contributed by atoms with Gasteiger partial charge in [-0.2, -0.15) is 5.10 Å². The van der Waals surface area contributed by atoms with E-state index >= 15 is 0 Å². The van der Waals surface area contributed by atoms with Crippen LogP contribution in [-0.2, 0) is 14.2 Å². The second-order valence-corrected chi connectivity index (χ2v) is 13.2. The van der Waals surface area contributed by atoms with Gasteiger partial charge in [-0.1, -0.05) is 11.6 Å². The molecule has 1 aliphatic carbocycles. The zero-order valence-electron chi connectivity index (χ0n) is 23.1. The van der Waals surface area contributed by atoms with Gasteiger partial charge < -0.3 is 24.4 Å². The maximum Gasteiger partial charge on any atom is 0.410 e. The first kappa shape index (κ1) is 29.4. The molecule has 3 fully saturated rings. The Balaban J connectivity index is 1.11. The van der Waals surface area contributed by atoms with E-state index in [-0.39, 0.29) is 38.3 Å². The third-order valence-electron chi connectivity index (χ3n) is 7.64. The molecule has 2 aliphatic heterocycles. The summed E-state index contributed by atoms with van der Waals surface area (Å²) in [5.41, 5.74) is 1.33. The normalized spacial score (nSPS) is 26.9. The van der Waals surface area contributed by atoms with Crippen LogP contribution in [0.1, 0.15) is 77.0 Å². The van der Waals surface area contributed by atoms with Gasteiger partial charge in [-0.15, -0.1) is 0 Å². The summed E-state index contributed by atoms with van der Waals surface area (Å²) in [7, 11) is 0. The number of piperidine rings is 1. The van der Waals surface area contributed by atoms with Crippen LogP contribution in [0.2, 0.25) is 5.02 Å². The second-order valence-electron chi connectivity index (χ2n) is 12.0. The lowest BCUT2D eigenvalue weighted by Crippen LogP contribution is -2.54. The Morgan fingerprint density at radius 1 is 1.27 bits per heavy atom. The van der Waals surface area contributed by atoms with E-state index < -0.39 is 30.0 Å². The van der Waals surface area contributed by atoms with E-state index in [2.05, 4.69) is 26.3 Å². The maximum absolute atomic E-state index is 14.3. The number of alkyl carbamates (subject to hydrolysis) is 1. The van der Waals surface area contributed by atoms with Crippen LogP contribution in [0.5, 0.6) is 0 Å². The summed E-state index contributed by atoms with van der Waals surface area (Å²) < 4.78 is 33.9. The molecule has 12 heteroatoms. The summed E-state index contributed by atoms with van der Waals surface area (Å²) >= 11 is 10.6. The first-order valence-corrected chi connectivity index (χ1v) is 15.2. The molecule has 1 unspecified atom stereocenters. The minimum atomic E-state index is -1.25. The lowest BCUT2D eigenvalue weighted by atomic mass is 10.0. The number of carbonyl (C=O) groups is 2. The number of likely N-dealkylation sites (tertiary alicyclic amines) is 1. The summed E-state index contributed by atoms with van der Waals surface area (Å²) in [5.74, 6) is 0.601. The molecule has 0 spiro atoms. The summed E-state index contributed by atoms with van der Waals surface area (Å²) in [4.78, 5) is 26.1. The van der Waals surface area contributed by atoms with Gasteiger partial charge in [-0.05, 0) is 92.3 Å². The van der Waals surface area contributed by atoms with Crippen molar-refractivity contribution >= 4 is 50.6 Å². The van der Waals surface area contributed by atoms with E-state index in [0.717, 1.165) is 53.2 Å². The van der Waals surface area contributed by atoms with Crippen molar-refractivity contribution in [1.29, 1.82) is 0 Å². The molecule has 2 amide bonds. The summed E-state index contributed by atoms with van der Waals surface area (Å²) in [5, 5.41) is 9.00. The fourth-order valence-electron chi connectivity index (χ4n) is 5.67. The van der Waals surface area contributed by atoms with E-state index in [1.165, 1.54) is 4.90 Å². The number of aromatic nitrogens is 2. The molecule has 3 heterocycles. The van der Waals surface area contributed by atoms with Gasteiger partial charge in [0.05, 0.1) is 30.9 Å². The van der Waals surface area contributed by atoms with E-state index in [1.54, 1.807) is 20.8 Å². The smallest absolute Gasteiger partial charge is 0.410 e. The number of alkyl halides is 1. The van der Waals surface area contributed by atoms with Crippen LogP contribution < -0.4 is 5.32 Å². The third-order valence-corrected chi connectivity index (χ3v) is 8.81. The molecule has 1 N–H and O–H groups in total. The van der Waals surface area contributed by atoms with Crippen molar-refractivity contribution in [3.63, 3.8) is 0 Å². The Hall–Kier alpha value is -2.11. The first-order valence-electron chi connectivity index (χ1n) is 14.0. The number of benzene rings is 1. The van der Waals surface area contributed by atoms with Crippen LogP contribution in [-0.4, -0.2) is 71.0 Å². The largest absolute Gasteiger partial charge is 0.450 e. The Kier molecular flexibility index (Phi) is 8.83. The molecule has 0 bridgehead atoms. The van der Waals surface area contributed by atoms with Crippen molar-refractivity contribution in [2.24, 2.45) is 5.92 Å². The van der Waals surface area contributed by atoms with Crippen molar-refractivity contribution in [3.05, 3.63) is 27.3 Å². The molecule has 5 atom stereocenters. The molecule has 220 valence electrons. The van der Waals surface area contributed by atoms with Crippen molar-refractivity contribution in [1.82, 2.24) is 20.0 Å². The molecule has 40 heavy (non-hydrogen) atoms. The van der Waals surface area contributed by atoms with Crippen LogP contribution in [0.4, 0.5) is 14.0 Å². The minimum Gasteiger partial charge on any atom is -0.450 e. The maximum atomic E-state index is 14.3. The molecule has 0 radical (unpaired) electrons. The number of hydrogen-bond acceptors (Lipinski definition) is 6. The number of halogens is 3. The Morgan fingerprint density at radius 3 is 2.80 bits per heavy atom. The van der Waals surface area contributed by atoms with Crippen LogP contribution in [0.25, 0.3) is 10.9 Å². The standard InChI is InChI=1S/C28H37BrClFN4O5/c1-28(2,3)40-27(37)34-14-17(31)11-18(15-34)33-26(36)39-9-7-16-10-19(16)24-21(30)12-22-20(25(24)29)13-32-35(22)23-6-4-5-8-38-23/h12-13,16-19,23H,4-11,14-15H2,1-3H3,(H,33,36)/t16-,17-,18-,19+,23?/m1/s1. The number of amides is 2. The molecule has 2 aromatic rings. The minimum absolute atomic E-state index is 0.0513. The first-order chi connectivity index (χ1) is 19.0. The van der Waals surface area contributed by atoms with Crippen LogP contribution in [0.15, 0.2) is 16.7 Å². The molecule has 2 saturated heterocycles. The lowest BCUT2D eigenvalue weighted by molar-refractivity contribution is -0.0366. The predicted octanol–water partition coefficient (Wildman–Crippen LogP) is 6.72. The van der Waals surface area contributed by atoms with Gasteiger partial charge >= 0.3 is 12.2 Å². The fourth-order valence-corrected chi connectivity index (χ4v) is 6.93. The van der Waals surface area contributed by atoms with Crippen molar-refractivity contribution in [2.75, 3.05) is 26.3 Å². The molecule has 5 rings (SSSR count). The zero-order valence-corrected chi connectivity index (χ0v) is 25.5. The summed E-state index contributed by atoms with van der Waals surface area (Å²) in [6, 6.07) is 1.43. The monoisotopic (exact) mass is 642 g/mol. The van der Waals surface area contributed by atoms with Crippen molar-refractivity contribution < 1.29 is 28.2 Å². The highest BCUT2D eigenvalue weighted by Crippen LogP contribution is 2.55. The van der Waals surface area contributed by atoms with Gasteiger partial charge in [0.15, 0.2) is 6.23 Å². The SMILES string of the molecule is CC(C)(C)OC(=O)N1C[C@H](F)C[C@@H](NC(=O)OCC[C@@H]2C[C@@H]2c2c(Cl)cc3c(cnn3C3CCCCO3)c2Br)C1. The summed E-state index contributed by atoms with van der Waals surface area (Å²) in [6.45, 7) is 6.37. The van der Waals surface area contributed by atoms with Gasteiger partial charge in [0.25, 0.3) is 0 Å². The highest BCUT2D eigenvalue weighted by molar-refractivity contribution is 9.10. The average molecular weight is 644 g/mol. The number of fused-ring (bicyclic) bond motifs is 1. The molecular formula is C28H37BrClFN4O5. The highest BCUT2D eigenvalue weighted by Gasteiger charge is 2.41. The van der Waals surface area contributed by atoms with E-state index in [0.29, 0.717) is 17.4 Å². The molecule has 9 nitrogen and oxygen atoms in total. The Labute approximate surface area is 247 Å². The van der Waals surface area contributed by atoms with Crippen molar-refractivity contribution in [3.8, 4) is 0 Å². The Morgan fingerprint density at radius 2 is 2.08 bits per heavy atom. The van der Waals surface area contributed by atoms with Gasteiger partial charge in [0.2, 0.25) is 0 Å². The van der Waals surface area contributed by atoms with Crippen LogP contribution in [0.3, 0.4) is 0 Å². The molecule has 1 aromatic heterocycles. The van der Waals surface area contributed by atoms with Gasteiger partial charge in [0.1, 0.15) is 11.8 Å². The summed E-state index contributed by atoms with van der Waals surface area (Å²) in [6.07, 6.45) is 4.23. The van der Waals surface area contributed by atoms with Crippen LogP contribution >= 0.6 is 27.5 Å². The molecule has 3 aliphatic rings. The number of rotatable bonds is 6. The number of hydrogen-bond donors (Lipinski definition) is 1. The van der Waals surface area contributed by atoms with E-state index in [9.17, 15) is 14.0 Å². The third kappa shape index (κ3) is 6.85. The predicted molar refractivity (Wildman–Crippen MR) is 152 cm³/mol. The topological polar surface area (TPSA) is 94.9 Å². The fraction of sp³-hybridized carbons (Fsp3) is 0.679. The number of carbonyl (C=O) groups excluding carboxylic acids is 2. The number of nitrogens with zero attached hydrogens (tertiary/aromatic N) is 3.